The molecule has 0 saturated heterocycles. The second-order valence-electron chi connectivity index (χ2n) is 9.22. The Bertz CT molecular complexity index is 1170. The molecule has 8 nitrogen and oxygen atoms in total. The largest absolute Gasteiger partial charge is 0 e. The van der Waals surface area contributed by atoms with Crippen molar-refractivity contribution in [1.29, 1.82) is 0 Å². The fraction of sp³-hybridized carbons (Fsp3) is 0.294. The van der Waals surface area contributed by atoms with Crippen LogP contribution in [0, 0.1) is 64.0 Å². The maximum Gasteiger partial charge on any atom is 0 e. The van der Waals surface area contributed by atoms with Crippen LogP contribution in [-0.4, -0.2) is 0 Å². The molecular formula is C34H32Fe2O8P2. The van der Waals surface area contributed by atoms with Crippen LogP contribution in [0.15, 0.2) is 71.3 Å². The van der Waals surface area contributed by atoms with Crippen LogP contribution in [0.2, 0.25) is 0 Å². The normalized spacial score (nSPS) is 13.7. The van der Waals surface area contributed by atoms with Crippen LogP contribution in [-0.2, 0) is 71.4 Å². The summed E-state index contributed by atoms with van der Waals surface area (Å²) in [4.78, 5) is 0. The zero-order valence-electron chi connectivity index (χ0n) is 26.1. The average molecular weight is 742 g/mol. The summed E-state index contributed by atoms with van der Waals surface area (Å²) in [6.45, 7) is 50.5. The molecule has 0 aliphatic carbocycles. The molecule has 1 unspecified atom stereocenters. The zero-order valence-corrected chi connectivity index (χ0v) is 30.1. The van der Waals surface area contributed by atoms with E-state index in [-0.39, 0.29) is 49.4 Å². The first-order chi connectivity index (χ1) is 21.3. The van der Waals surface area contributed by atoms with Crippen molar-refractivity contribution in [2.24, 2.45) is 10.8 Å². The van der Waals surface area contributed by atoms with E-state index in [2.05, 4.69) is 155 Å². The SMILES string of the molecule is CCC(C)(C)C1=C(c2ccccc2)P1[P@@]1C(c2ccccc2)=C1C(C)(C)CC.[C-]#[O+].[C-]#[O+].[C-]#[O+].[C-]#[O+].[C-]#[O+].[C-]#[O+].[C-]#[O+].[C-]#[O+].[Fe].[Fe]. The van der Waals surface area contributed by atoms with Gasteiger partial charge in [-0.15, -0.1) is 0 Å². The fourth-order valence-electron chi connectivity index (χ4n) is 3.97. The van der Waals surface area contributed by atoms with Crippen LogP contribution in [0.25, 0.3) is 10.6 Å². The molecule has 2 heterocycles. The first-order valence-corrected chi connectivity index (χ1v) is 15.6. The Morgan fingerprint density at radius 1 is 0.435 bits per heavy atom. The minimum absolute atomic E-state index is 0. The van der Waals surface area contributed by atoms with Crippen LogP contribution in [0.3, 0.4) is 0 Å². The molecule has 0 spiro atoms. The van der Waals surface area contributed by atoms with Crippen LogP contribution in [0.4, 0.5) is 0 Å². The average Bonchev–Trinajstić information content (AvgIpc) is 4.06. The monoisotopic (exact) mass is 742 g/mol. The van der Waals surface area contributed by atoms with E-state index in [0.29, 0.717) is 10.8 Å². The van der Waals surface area contributed by atoms with Gasteiger partial charge in [0.2, 0.25) is 0 Å². The molecule has 0 fully saturated rings. The minimum Gasteiger partial charge on any atom is 0 e. The summed E-state index contributed by atoms with van der Waals surface area (Å²) < 4.78 is 60.0. The van der Waals surface area contributed by atoms with Crippen molar-refractivity contribution in [1.82, 2.24) is 0 Å². The number of hydrogen-bond donors (Lipinski definition) is 0. The Hall–Kier alpha value is -2.26. The Kier molecular flexibility index (Phi) is 45.8. The van der Waals surface area contributed by atoms with Gasteiger partial charge in [0, 0.05) is 34.1 Å². The van der Waals surface area contributed by atoms with Crippen molar-refractivity contribution in [3.63, 3.8) is 0 Å². The molecule has 0 bridgehead atoms. The van der Waals surface area contributed by atoms with Crippen molar-refractivity contribution in [2.75, 3.05) is 0 Å². The maximum absolute atomic E-state index is 7.50. The van der Waals surface area contributed by atoms with Gasteiger partial charge >= 0.3 is 90.4 Å². The summed E-state index contributed by atoms with van der Waals surface area (Å²) in [5.74, 6) is 0. The van der Waals surface area contributed by atoms with Crippen LogP contribution >= 0.6 is 15.2 Å². The van der Waals surface area contributed by atoms with Crippen molar-refractivity contribution in [2.45, 2.75) is 54.4 Å². The second-order valence-corrected chi connectivity index (χ2v) is 14.7. The van der Waals surface area contributed by atoms with Crippen LogP contribution < -0.4 is 0 Å². The molecule has 0 aromatic heterocycles. The first-order valence-electron chi connectivity index (χ1n) is 12.2. The molecule has 2 aliphatic rings. The fourth-order valence-corrected chi connectivity index (χ4v) is 14.9. The molecule has 2 aromatic rings. The Balaban J connectivity index is -0.000000149. The zero-order chi connectivity index (χ0) is 36.1. The number of rotatable bonds is 7. The van der Waals surface area contributed by atoms with Gasteiger partial charge in [0.1, 0.15) is 0 Å². The quantitative estimate of drug-likeness (QED) is 0.115. The molecule has 2 atom stereocenters. The first kappa shape index (κ1) is 59.2. The van der Waals surface area contributed by atoms with E-state index >= 15 is 0 Å². The molecule has 2 aliphatic heterocycles. The van der Waals surface area contributed by atoms with E-state index in [4.69, 9.17) is 37.2 Å². The van der Waals surface area contributed by atoms with Crippen LogP contribution in [0.5, 0.6) is 0 Å². The summed E-state index contributed by atoms with van der Waals surface area (Å²) in [5, 5.41) is 7.00. The molecule has 4 rings (SSSR count). The predicted octanol–water partition coefficient (Wildman–Crippen LogP) is 9.20. The van der Waals surface area contributed by atoms with Crippen LogP contribution in [0.1, 0.15) is 65.5 Å². The maximum atomic E-state index is 7.50. The van der Waals surface area contributed by atoms with Gasteiger partial charge in [-0.2, -0.15) is 0 Å². The third kappa shape index (κ3) is 17.1. The van der Waals surface area contributed by atoms with E-state index in [1.54, 1.807) is 21.3 Å². The third-order valence-corrected chi connectivity index (χ3v) is 14.4. The molecular weight excluding hydrogens is 710 g/mol. The van der Waals surface area contributed by atoms with E-state index in [1.807, 2.05) is 0 Å². The Morgan fingerprint density at radius 3 is 0.804 bits per heavy atom. The summed E-state index contributed by atoms with van der Waals surface area (Å²) >= 11 is 0. The molecule has 242 valence electrons. The van der Waals surface area contributed by atoms with Crippen molar-refractivity contribution < 1.29 is 71.4 Å². The minimum atomic E-state index is -0.144. The summed E-state index contributed by atoms with van der Waals surface area (Å²) in [6, 6.07) is 22.4. The molecule has 0 radical (unpaired) electrons. The predicted molar refractivity (Wildman–Crippen MR) is 160 cm³/mol. The smallest absolute Gasteiger partial charge is 0 e. The van der Waals surface area contributed by atoms with E-state index in [0.717, 1.165) is 0 Å². The van der Waals surface area contributed by atoms with E-state index in [1.165, 1.54) is 24.0 Å². The number of benzene rings is 2. The van der Waals surface area contributed by atoms with Gasteiger partial charge in [0.25, 0.3) is 0 Å². The number of allylic oxidation sites excluding steroid dienone is 2. The molecule has 0 N–H and O–H groups in total. The summed E-state index contributed by atoms with van der Waals surface area (Å²) in [7, 11) is -0.287. The standard InChI is InChI=1S/C26H32P2.8CO.2Fe/c1-7-25(3,4)23-21(19-15-11-9-12-16-19)27(23)28-22(20-17-13-10-14-18-20)24(28)26(5,6)8-2;8*1-2;;/h9-18H,7-8H2,1-6H3;;;;;;;;;;/t27-,28?;;;;;;;;;;/m0........../s1. The summed E-state index contributed by atoms with van der Waals surface area (Å²) in [6.07, 6.45) is 2.43. The van der Waals surface area contributed by atoms with E-state index in [9.17, 15) is 0 Å². The molecule has 0 saturated carbocycles. The van der Waals surface area contributed by atoms with Gasteiger partial charge in [0.05, 0.1) is 0 Å². The van der Waals surface area contributed by atoms with Gasteiger partial charge in [-0.05, 0) is 71.3 Å². The second kappa shape index (κ2) is 35.6. The van der Waals surface area contributed by atoms with Crippen molar-refractivity contribution >= 4 is 25.8 Å². The molecule has 2 aromatic carbocycles. The van der Waals surface area contributed by atoms with Gasteiger partial charge < -0.3 is 0 Å². The van der Waals surface area contributed by atoms with Crippen molar-refractivity contribution in [3.8, 4) is 0 Å². The van der Waals surface area contributed by atoms with Gasteiger partial charge in [-0.25, -0.2) is 0 Å². The van der Waals surface area contributed by atoms with Gasteiger partial charge in [0.15, 0.2) is 0 Å². The van der Waals surface area contributed by atoms with Crippen molar-refractivity contribution in [3.05, 3.63) is 136 Å². The van der Waals surface area contributed by atoms with E-state index < -0.39 is 0 Å². The van der Waals surface area contributed by atoms with Gasteiger partial charge in [-0.1, -0.05) is 102 Å². The number of hydrogen-bond acceptors (Lipinski definition) is 0. The third-order valence-electron chi connectivity index (χ3n) is 6.54. The molecule has 12 heteroatoms. The molecule has 0 amide bonds. The van der Waals surface area contributed by atoms with Gasteiger partial charge in [-0.3, -0.25) is 0 Å². The Morgan fingerprint density at radius 2 is 0.630 bits per heavy atom. The summed E-state index contributed by atoms with van der Waals surface area (Å²) in [5.41, 5.74) is 3.57. The topological polar surface area (TPSA) is 159 Å². The molecule has 46 heavy (non-hydrogen) atoms. The Labute approximate surface area is 296 Å².